The third-order valence-corrected chi connectivity index (χ3v) is 5.12. The summed E-state index contributed by atoms with van der Waals surface area (Å²) >= 11 is 0. The summed E-state index contributed by atoms with van der Waals surface area (Å²) in [6.45, 7) is 0. The van der Waals surface area contributed by atoms with E-state index in [1.807, 2.05) is 6.07 Å². The highest BCUT2D eigenvalue weighted by atomic mass is 19.4. The van der Waals surface area contributed by atoms with Crippen LogP contribution in [0, 0.1) is 0 Å². The molecule has 3 aromatic heterocycles. The van der Waals surface area contributed by atoms with Crippen LogP contribution in [0.1, 0.15) is 34.7 Å². The molecular weight excluding hydrogens is 401 g/mol. The quantitative estimate of drug-likeness (QED) is 0.686. The van der Waals surface area contributed by atoms with Crippen LogP contribution in [0.5, 0.6) is 5.88 Å². The van der Waals surface area contributed by atoms with Crippen LogP contribution in [0.4, 0.5) is 13.2 Å². The number of nitrogens with one attached hydrogen (secondary N) is 1. The van der Waals surface area contributed by atoms with Crippen molar-refractivity contribution in [3.8, 4) is 17.1 Å². The number of rotatable bonds is 5. The van der Waals surface area contributed by atoms with Crippen LogP contribution in [-0.4, -0.2) is 37.6 Å². The number of nitrogens with zero attached hydrogens (tertiary/aromatic N) is 5. The van der Waals surface area contributed by atoms with Gasteiger partial charge in [0.25, 0.3) is 5.91 Å². The summed E-state index contributed by atoms with van der Waals surface area (Å²) in [6.07, 6.45) is -1.70. The monoisotopic (exact) mass is 420 g/mol. The SMILES string of the molecule is COc1cc(-c2cc(C3(NC(=O)c4cc(C(F)(F)F)nn4C)CC3)n(C)n2)ccn1. The van der Waals surface area contributed by atoms with E-state index in [1.54, 1.807) is 30.1 Å². The standard InChI is InChI=1S/C19H19F3N6O2/c1-27-13(10-14(26-27)19(20,21)22)17(29)24-18(5-6-18)15-9-12(25-28(15)2)11-4-7-23-16(8-11)30-3/h4,7-10H,5-6H2,1-3H3,(H,24,29). The minimum Gasteiger partial charge on any atom is -0.481 e. The predicted octanol–water partition coefficient (Wildman–Crippen LogP) is 2.66. The van der Waals surface area contributed by atoms with Crippen molar-refractivity contribution in [3.05, 3.63) is 47.5 Å². The van der Waals surface area contributed by atoms with Crippen LogP contribution >= 0.6 is 0 Å². The number of hydrogen-bond donors (Lipinski definition) is 1. The molecule has 1 saturated carbocycles. The summed E-state index contributed by atoms with van der Waals surface area (Å²) in [6, 6.07) is 6.15. The Hall–Kier alpha value is -3.37. The van der Waals surface area contributed by atoms with Gasteiger partial charge in [0.15, 0.2) is 5.69 Å². The van der Waals surface area contributed by atoms with E-state index in [1.165, 1.54) is 14.2 Å². The number of carbonyl (C=O) groups excluding carboxylic acids is 1. The summed E-state index contributed by atoms with van der Waals surface area (Å²) in [7, 11) is 4.59. The summed E-state index contributed by atoms with van der Waals surface area (Å²) in [5.74, 6) is -0.169. The van der Waals surface area contributed by atoms with Crippen molar-refractivity contribution in [3.63, 3.8) is 0 Å². The van der Waals surface area contributed by atoms with Gasteiger partial charge in [-0.2, -0.15) is 23.4 Å². The van der Waals surface area contributed by atoms with E-state index in [2.05, 4.69) is 20.5 Å². The van der Waals surface area contributed by atoms with Crippen molar-refractivity contribution < 1.29 is 22.7 Å². The molecular formula is C19H19F3N6O2. The second-order valence-corrected chi connectivity index (χ2v) is 7.20. The Morgan fingerprint density at radius 1 is 1.17 bits per heavy atom. The van der Waals surface area contributed by atoms with E-state index in [0.717, 1.165) is 22.0 Å². The first kappa shape index (κ1) is 19.9. The number of ether oxygens (including phenoxy) is 1. The van der Waals surface area contributed by atoms with Gasteiger partial charge in [-0.25, -0.2) is 4.98 Å². The number of halogens is 3. The Balaban J connectivity index is 1.60. The average Bonchev–Trinajstić information content (AvgIpc) is 3.16. The molecule has 0 atom stereocenters. The zero-order chi connectivity index (χ0) is 21.7. The van der Waals surface area contributed by atoms with Gasteiger partial charge in [0.1, 0.15) is 5.69 Å². The van der Waals surface area contributed by atoms with Gasteiger partial charge in [-0.15, -0.1) is 0 Å². The number of carbonyl (C=O) groups is 1. The fraction of sp³-hybridized carbons (Fsp3) is 0.368. The zero-order valence-electron chi connectivity index (χ0n) is 16.5. The molecule has 0 unspecified atom stereocenters. The molecule has 4 rings (SSSR count). The first-order valence-electron chi connectivity index (χ1n) is 9.12. The molecule has 158 valence electrons. The predicted molar refractivity (Wildman–Crippen MR) is 99.6 cm³/mol. The van der Waals surface area contributed by atoms with Gasteiger partial charge in [-0.1, -0.05) is 0 Å². The molecule has 1 aliphatic rings. The Kier molecular flexibility index (Phi) is 4.55. The van der Waals surface area contributed by atoms with Gasteiger partial charge < -0.3 is 10.1 Å². The van der Waals surface area contributed by atoms with E-state index >= 15 is 0 Å². The molecule has 0 aliphatic heterocycles. The minimum absolute atomic E-state index is 0.158. The molecule has 1 N–H and O–H groups in total. The Labute approximate surface area is 169 Å². The van der Waals surface area contributed by atoms with Crippen molar-refractivity contribution in [1.82, 2.24) is 29.9 Å². The zero-order valence-corrected chi connectivity index (χ0v) is 16.5. The molecule has 0 saturated heterocycles. The summed E-state index contributed by atoms with van der Waals surface area (Å²) < 4.78 is 46.4. The summed E-state index contributed by atoms with van der Waals surface area (Å²) in [4.78, 5) is 16.8. The molecule has 30 heavy (non-hydrogen) atoms. The molecule has 0 aromatic carbocycles. The van der Waals surface area contributed by atoms with E-state index < -0.39 is 23.3 Å². The van der Waals surface area contributed by atoms with Crippen molar-refractivity contribution in [2.45, 2.75) is 24.6 Å². The lowest BCUT2D eigenvalue weighted by Crippen LogP contribution is -2.37. The Morgan fingerprint density at radius 2 is 1.90 bits per heavy atom. The first-order chi connectivity index (χ1) is 14.1. The number of alkyl halides is 3. The number of hydrogen-bond acceptors (Lipinski definition) is 5. The lowest BCUT2D eigenvalue weighted by Gasteiger charge is -2.17. The molecule has 0 radical (unpaired) electrons. The number of amides is 1. The highest BCUT2D eigenvalue weighted by molar-refractivity contribution is 5.93. The lowest BCUT2D eigenvalue weighted by atomic mass is 10.1. The maximum atomic E-state index is 12.9. The van der Waals surface area contributed by atoms with Crippen LogP contribution < -0.4 is 10.1 Å². The van der Waals surface area contributed by atoms with Gasteiger partial charge >= 0.3 is 6.18 Å². The number of methoxy groups -OCH3 is 1. The van der Waals surface area contributed by atoms with Crippen LogP contribution in [0.15, 0.2) is 30.5 Å². The molecule has 1 fully saturated rings. The van der Waals surface area contributed by atoms with E-state index in [4.69, 9.17) is 4.74 Å². The molecule has 1 amide bonds. The fourth-order valence-corrected chi connectivity index (χ4v) is 3.41. The van der Waals surface area contributed by atoms with Crippen LogP contribution in [0.2, 0.25) is 0 Å². The number of aromatic nitrogens is 5. The van der Waals surface area contributed by atoms with Crippen LogP contribution in [0.3, 0.4) is 0 Å². The smallest absolute Gasteiger partial charge is 0.435 e. The first-order valence-corrected chi connectivity index (χ1v) is 9.12. The minimum atomic E-state index is -4.61. The van der Waals surface area contributed by atoms with E-state index in [0.29, 0.717) is 24.4 Å². The highest BCUT2D eigenvalue weighted by Crippen LogP contribution is 2.46. The summed E-state index contributed by atoms with van der Waals surface area (Å²) in [5.41, 5.74) is 0.293. The normalized spacial score (nSPS) is 15.1. The largest absolute Gasteiger partial charge is 0.481 e. The highest BCUT2D eigenvalue weighted by Gasteiger charge is 2.49. The third-order valence-electron chi connectivity index (χ3n) is 5.12. The second-order valence-electron chi connectivity index (χ2n) is 7.20. The maximum absolute atomic E-state index is 12.9. The van der Waals surface area contributed by atoms with Gasteiger partial charge in [0.2, 0.25) is 5.88 Å². The topological polar surface area (TPSA) is 86.9 Å². The molecule has 0 bridgehead atoms. The van der Waals surface area contributed by atoms with Gasteiger partial charge in [0.05, 0.1) is 24.0 Å². The maximum Gasteiger partial charge on any atom is 0.435 e. The van der Waals surface area contributed by atoms with Crippen molar-refractivity contribution in [1.29, 1.82) is 0 Å². The van der Waals surface area contributed by atoms with Crippen molar-refractivity contribution in [2.24, 2.45) is 14.1 Å². The molecule has 8 nitrogen and oxygen atoms in total. The van der Waals surface area contributed by atoms with Gasteiger partial charge in [-0.05, 0) is 25.0 Å². The Bertz CT molecular complexity index is 1110. The molecule has 3 aromatic rings. The van der Waals surface area contributed by atoms with E-state index in [9.17, 15) is 18.0 Å². The second kappa shape index (κ2) is 6.85. The lowest BCUT2D eigenvalue weighted by molar-refractivity contribution is -0.141. The molecule has 3 heterocycles. The molecule has 11 heteroatoms. The third kappa shape index (κ3) is 3.51. The van der Waals surface area contributed by atoms with Gasteiger partial charge in [-0.3, -0.25) is 14.2 Å². The van der Waals surface area contributed by atoms with E-state index in [-0.39, 0.29) is 5.69 Å². The van der Waals surface area contributed by atoms with Crippen molar-refractivity contribution in [2.75, 3.05) is 7.11 Å². The van der Waals surface area contributed by atoms with Crippen LogP contribution in [0.25, 0.3) is 11.3 Å². The number of pyridine rings is 1. The molecule has 0 spiro atoms. The van der Waals surface area contributed by atoms with Crippen LogP contribution in [-0.2, 0) is 25.8 Å². The van der Waals surface area contributed by atoms with Gasteiger partial charge in [0, 0.05) is 38.0 Å². The number of aryl methyl sites for hydroxylation is 2. The molecule has 1 aliphatic carbocycles. The fourth-order valence-electron chi connectivity index (χ4n) is 3.41. The van der Waals surface area contributed by atoms with Crippen molar-refractivity contribution >= 4 is 5.91 Å². The summed E-state index contributed by atoms with van der Waals surface area (Å²) in [5, 5.41) is 10.8. The average molecular weight is 420 g/mol. The Morgan fingerprint density at radius 3 is 2.50 bits per heavy atom.